The fourth-order valence-electron chi connectivity index (χ4n) is 1.84. The number of rotatable bonds is 5. The summed E-state index contributed by atoms with van der Waals surface area (Å²) in [7, 11) is 0. The van der Waals surface area contributed by atoms with Crippen LogP contribution in [0.3, 0.4) is 0 Å². The molecule has 1 aliphatic heterocycles. The monoisotopic (exact) mass is 243 g/mol. The Morgan fingerprint density at radius 2 is 2.12 bits per heavy atom. The first-order valence-electron chi connectivity index (χ1n) is 5.44. The van der Waals surface area contributed by atoms with Gasteiger partial charge < -0.3 is 21.5 Å². The summed E-state index contributed by atoms with van der Waals surface area (Å²) in [6, 6.07) is -1.24. The maximum Gasteiger partial charge on any atom is 0.326 e. The lowest BCUT2D eigenvalue weighted by molar-refractivity contribution is -0.144. The number of carboxylic acid groups (broad SMARTS) is 1. The zero-order valence-electron chi connectivity index (χ0n) is 9.60. The number of carbonyl (C=O) groups is 3. The van der Waals surface area contributed by atoms with Crippen LogP contribution in [0.5, 0.6) is 0 Å². The van der Waals surface area contributed by atoms with E-state index in [1.54, 1.807) is 0 Å². The van der Waals surface area contributed by atoms with E-state index in [0.717, 1.165) is 6.54 Å². The Morgan fingerprint density at radius 1 is 1.47 bits per heavy atom. The highest BCUT2D eigenvalue weighted by molar-refractivity contribution is 5.89. The van der Waals surface area contributed by atoms with Crippen molar-refractivity contribution < 1.29 is 19.5 Å². The van der Waals surface area contributed by atoms with E-state index in [2.05, 4.69) is 10.6 Å². The molecule has 1 heterocycles. The molecule has 7 nitrogen and oxygen atoms in total. The van der Waals surface area contributed by atoms with Crippen LogP contribution in [-0.2, 0) is 14.4 Å². The Balaban J connectivity index is 2.57. The fraction of sp³-hybridized carbons (Fsp3) is 0.700. The minimum atomic E-state index is -1.25. The molecule has 1 unspecified atom stereocenters. The number of hydrogen-bond donors (Lipinski definition) is 4. The number of hydrogen-bond acceptors (Lipinski definition) is 4. The van der Waals surface area contributed by atoms with Crippen molar-refractivity contribution in [3.63, 3.8) is 0 Å². The van der Waals surface area contributed by atoms with E-state index in [4.69, 9.17) is 10.8 Å². The summed E-state index contributed by atoms with van der Waals surface area (Å²) >= 11 is 0. The second-order valence-corrected chi connectivity index (χ2v) is 4.31. The van der Waals surface area contributed by atoms with Crippen LogP contribution in [0.2, 0.25) is 0 Å². The fourth-order valence-corrected chi connectivity index (χ4v) is 1.84. The first-order chi connectivity index (χ1) is 7.91. The summed E-state index contributed by atoms with van der Waals surface area (Å²) in [5.74, 6) is -2.47. The van der Waals surface area contributed by atoms with Gasteiger partial charge in [-0.15, -0.1) is 0 Å². The zero-order chi connectivity index (χ0) is 13.0. The molecule has 1 saturated heterocycles. The molecule has 1 fully saturated rings. The Bertz CT molecular complexity index is 332. The third-order valence-corrected chi connectivity index (χ3v) is 2.87. The SMILES string of the molecule is C[C@@H]1CNC[C@H]1C(=O)NC(CC(N)=O)C(=O)O. The molecule has 0 aromatic rings. The number of carbonyl (C=O) groups excluding carboxylic acids is 2. The molecule has 0 aliphatic carbocycles. The summed E-state index contributed by atoms with van der Waals surface area (Å²) in [6.45, 7) is 3.16. The zero-order valence-corrected chi connectivity index (χ0v) is 9.60. The number of amides is 2. The summed E-state index contributed by atoms with van der Waals surface area (Å²) < 4.78 is 0. The number of aliphatic carboxylic acids is 1. The van der Waals surface area contributed by atoms with Gasteiger partial charge in [-0.2, -0.15) is 0 Å². The van der Waals surface area contributed by atoms with Crippen LogP contribution < -0.4 is 16.4 Å². The largest absolute Gasteiger partial charge is 0.480 e. The molecule has 1 rings (SSSR count). The molecule has 1 aliphatic rings. The third kappa shape index (κ3) is 3.70. The van der Waals surface area contributed by atoms with E-state index in [1.807, 2.05) is 6.92 Å². The average Bonchev–Trinajstić information content (AvgIpc) is 2.62. The van der Waals surface area contributed by atoms with Crippen molar-refractivity contribution in [3.05, 3.63) is 0 Å². The Hall–Kier alpha value is -1.63. The van der Waals surface area contributed by atoms with Crippen LogP contribution in [0.25, 0.3) is 0 Å². The molecule has 0 aromatic heterocycles. The van der Waals surface area contributed by atoms with Gasteiger partial charge >= 0.3 is 5.97 Å². The van der Waals surface area contributed by atoms with Gasteiger partial charge in [0.2, 0.25) is 11.8 Å². The molecule has 17 heavy (non-hydrogen) atoms. The Kier molecular flexibility index (Phi) is 4.45. The maximum atomic E-state index is 11.8. The molecule has 0 spiro atoms. The predicted molar refractivity (Wildman–Crippen MR) is 58.9 cm³/mol. The lowest BCUT2D eigenvalue weighted by Crippen LogP contribution is -2.46. The van der Waals surface area contributed by atoms with Crippen molar-refractivity contribution in [1.29, 1.82) is 0 Å². The van der Waals surface area contributed by atoms with Gasteiger partial charge in [0, 0.05) is 6.54 Å². The molecule has 0 bridgehead atoms. The predicted octanol–water partition coefficient (Wildman–Crippen LogP) is -1.71. The molecular weight excluding hydrogens is 226 g/mol. The van der Waals surface area contributed by atoms with Gasteiger partial charge in [-0.25, -0.2) is 4.79 Å². The molecule has 0 saturated carbocycles. The van der Waals surface area contributed by atoms with Gasteiger partial charge in [-0.3, -0.25) is 9.59 Å². The van der Waals surface area contributed by atoms with Gasteiger partial charge in [0.1, 0.15) is 6.04 Å². The quantitative estimate of drug-likeness (QED) is 0.458. The smallest absolute Gasteiger partial charge is 0.326 e. The lowest BCUT2D eigenvalue weighted by Gasteiger charge is -2.18. The van der Waals surface area contributed by atoms with Gasteiger partial charge in [0.05, 0.1) is 12.3 Å². The average molecular weight is 243 g/mol. The molecule has 96 valence electrons. The first-order valence-corrected chi connectivity index (χ1v) is 5.44. The molecule has 0 radical (unpaired) electrons. The lowest BCUT2D eigenvalue weighted by atomic mass is 9.97. The molecule has 3 atom stereocenters. The minimum Gasteiger partial charge on any atom is -0.480 e. The highest BCUT2D eigenvalue weighted by Gasteiger charge is 2.32. The van der Waals surface area contributed by atoms with Crippen LogP contribution in [0.4, 0.5) is 0 Å². The summed E-state index contributed by atoms with van der Waals surface area (Å²) in [5.41, 5.74) is 4.92. The second-order valence-electron chi connectivity index (χ2n) is 4.31. The maximum absolute atomic E-state index is 11.8. The summed E-state index contributed by atoms with van der Waals surface area (Å²) in [6.07, 6.45) is -0.393. The highest BCUT2D eigenvalue weighted by Crippen LogP contribution is 2.16. The van der Waals surface area contributed by atoms with Crippen molar-refractivity contribution in [2.24, 2.45) is 17.6 Å². The summed E-state index contributed by atoms with van der Waals surface area (Å²) in [5, 5.41) is 14.2. The molecule has 2 amide bonds. The Morgan fingerprint density at radius 3 is 2.53 bits per heavy atom. The van der Waals surface area contributed by atoms with Crippen molar-refractivity contribution in [2.45, 2.75) is 19.4 Å². The Labute approximate surface area is 98.7 Å². The van der Waals surface area contributed by atoms with Crippen LogP contribution >= 0.6 is 0 Å². The third-order valence-electron chi connectivity index (χ3n) is 2.87. The van der Waals surface area contributed by atoms with E-state index in [1.165, 1.54) is 0 Å². The number of nitrogens with one attached hydrogen (secondary N) is 2. The normalized spacial score (nSPS) is 25.2. The van der Waals surface area contributed by atoms with Gasteiger partial charge in [-0.1, -0.05) is 6.92 Å². The van der Waals surface area contributed by atoms with Crippen LogP contribution in [0.1, 0.15) is 13.3 Å². The molecular formula is C10H17N3O4. The van der Waals surface area contributed by atoms with Gasteiger partial charge in [-0.05, 0) is 12.5 Å². The van der Waals surface area contributed by atoms with E-state index in [0.29, 0.717) is 6.54 Å². The van der Waals surface area contributed by atoms with E-state index in [-0.39, 0.29) is 17.7 Å². The van der Waals surface area contributed by atoms with E-state index < -0.39 is 24.3 Å². The minimum absolute atomic E-state index is 0.151. The second kappa shape index (κ2) is 5.62. The van der Waals surface area contributed by atoms with Crippen molar-refractivity contribution in [3.8, 4) is 0 Å². The summed E-state index contributed by atoms with van der Waals surface area (Å²) in [4.78, 5) is 33.3. The van der Waals surface area contributed by atoms with E-state index >= 15 is 0 Å². The van der Waals surface area contributed by atoms with Crippen LogP contribution in [-0.4, -0.2) is 42.0 Å². The number of carboxylic acids is 1. The van der Waals surface area contributed by atoms with Gasteiger partial charge in [0.25, 0.3) is 0 Å². The van der Waals surface area contributed by atoms with Crippen LogP contribution in [0, 0.1) is 11.8 Å². The van der Waals surface area contributed by atoms with Crippen molar-refractivity contribution >= 4 is 17.8 Å². The molecule has 5 N–H and O–H groups in total. The van der Waals surface area contributed by atoms with Crippen molar-refractivity contribution in [1.82, 2.24) is 10.6 Å². The number of nitrogens with two attached hydrogens (primary N) is 1. The van der Waals surface area contributed by atoms with E-state index in [9.17, 15) is 14.4 Å². The molecule has 0 aromatic carbocycles. The standard InChI is InChI=1S/C10H17N3O4/c1-5-3-12-4-6(5)9(15)13-7(10(16)17)2-8(11)14/h5-7,12H,2-4H2,1H3,(H2,11,14)(H,13,15)(H,16,17)/t5-,6-,7?/m1/s1. The van der Waals surface area contributed by atoms with Gasteiger partial charge in [0.15, 0.2) is 0 Å². The highest BCUT2D eigenvalue weighted by atomic mass is 16.4. The topological polar surface area (TPSA) is 122 Å². The van der Waals surface area contributed by atoms with Crippen molar-refractivity contribution in [2.75, 3.05) is 13.1 Å². The number of primary amides is 1. The molecule has 7 heteroatoms. The first kappa shape index (κ1) is 13.4. The van der Waals surface area contributed by atoms with Crippen LogP contribution in [0.15, 0.2) is 0 Å².